The van der Waals surface area contributed by atoms with Crippen molar-refractivity contribution in [1.29, 1.82) is 0 Å². The molecule has 2 atom stereocenters. The molecule has 0 radical (unpaired) electrons. The summed E-state index contributed by atoms with van der Waals surface area (Å²) < 4.78 is 25.1. The zero-order chi connectivity index (χ0) is 33.1. The number of nitrogens with one attached hydrogen (secondary N) is 2. The number of benzene rings is 3. The molecule has 3 aromatic carbocycles. The number of carbonyl (C=O) groups excluding carboxylic acids is 3. The monoisotopic (exact) mass is 639 g/mol. The van der Waals surface area contributed by atoms with E-state index in [1.165, 1.54) is 20.3 Å². The van der Waals surface area contributed by atoms with E-state index in [0.29, 0.717) is 34.9 Å². The number of methoxy groups -OCH3 is 2. The van der Waals surface area contributed by atoms with E-state index in [0.717, 1.165) is 22.5 Å². The van der Waals surface area contributed by atoms with Crippen LogP contribution >= 0.6 is 0 Å². The third-order valence-corrected chi connectivity index (χ3v) is 8.29. The number of carbonyl (C=O) groups is 3. The Morgan fingerprint density at radius 2 is 1.72 bits per heavy atom. The third-order valence-electron chi connectivity index (χ3n) is 8.29. The van der Waals surface area contributed by atoms with Gasteiger partial charge in [-0.15, -0.1) is 0 Å². The van der Waals surface area contributed by atoms with Gasteiger partial charge in [0.25, 0.3) is 17.7 Å². The molecule has 0 aliphatic carbocycles. The van der Waals surface area contributed by atoms with Crippen LogP contribution in [0.3, 0.4) is 0 Å². The van der Waals surface area contributed by atoms with Crippen LogP contribution in [0.25, 0.3) is 0 Å². The summed E-state index contributed by atoms with van der Waals surface area (Å²) in [5, 5.41) is 10.4. The van der Waals surface area contributed by atoms with Crippen LogP contribution < -0.4 is 29.6 Å². The zero-order valence-corrected chi connectivity index (χ0v) is 26.7. The molecule has 0 saturated carbocycles. The lowest BCUT2D eigenvalue weighted by atomic mass is 10.1. The van der Waals surface area contributed by atoms with E-state index < -0.39 is 18.1 Å². The fraction of sp³-hybridized carbons (Fsp3) is 0.314. The molecular formula is C35H37N5O7. The van der Waals surface area contributed by atoms with Gasteiger partial charge in [0.1, 0.15) is 6.10 Å². The molecule has 1 fully saturated rings. The summed E-state index contributed by atoms with van der Waals surface area (Å²) in [4.78, 5) is 41.5. The van der Waals surface area contributed by atoms with E-state index in [2.05, 4.69) is 15.7 Å². The SMILES string of the molecule is COc1ccc2cc1OCC(=O)NCc1ccc(c(OC)c1)O[C@H]1CN(C(=O)c3ccc(Cn4nc(C)cc4C)cc3)C[C@@H]1NC2=O. The van der Waals surface area contributed by atoms with Crippen LogP contribution in [0.1, 0.15) is 43.2 Å². The summed E-state index contributed by atoms with van der Waals surface area (Å²) in [6.45, 7) is 5.00. The molecule has 47 heavy (non-hydrogen) atoms. The quantitative estimate of drug-likeness (QED) is 0.340. The normalized spacial score (nSPS) is 17.9. The van der Waals surface area contributed by atoms with E-state index >= 15 is 0 Å². The molecule has 7 rings (SSSR count). The lowest BCUT2D eigenvalue weighted by Crippen LogP contribution is -2.45. The number of hydrogen-bond donors (Lipinski definition) is 2. The largest absolute Gasteiger partial charge is 0.493 e. The van der Waals surface area contributed by atoms with Crippen molar-refractivity contribution in [3.05, 3.63) is 100 Å². The molecule has 12 heteroatoms. The maximum Gasteiger partial charge on any atom is 0.258 e. The number of rotatable bonds is 5. The highest BCUT2D eigenvalue weighted by Crippen LogP contribution is 2.32. The van der Waals surface area contributed by atoms with E-state index in [-0.39, 0.29) is 43.8 Å². The Morgan fingerprint density at radius 1 is 0.936 bits per heavy atom. The number of amides is 3. The Balaban J connectivity index is 1.26. The predicted octanol–water partition coefficient (Wildman–Crippen LogP) is 3.28. The Bertz CT molecular complexity index is 1800. The highest BCUT2D eigenvalue weighted by atomic mass is 16.5. The van der Waals surface area contributed by atoms with Crippen LogP contribution in [0, 0.1) is 13.8 Å². The Hall–Kier alpha value is -5.52. The Kier molecular flexibility index (Phi) is 9.01. The molecule has 244 valence electrons. The van der Waals surface area contributed by atoms with Gasteiger partial charge < -0.3 is 34.5 Å². The maximum absolute atomic E-state index is 13.8. The zero-order valence-electron chi connectivity index (χ0n) is 26.7. The van der Waals surface area contributed by atoms with E-state index in [4.69, 9.17) is 18.9 Å². The van der Waals surface area contributed by atoms with Gasteiger partial charge >= 0.3 is 0 Å². The first kappa shape index (κ1) is 31.5. The van der Waals surface area contributed by atoms with Crippen LogP contribution in [0.15, 0.2) is 66.7 Å². The summed E-state index contributed by atoms with van der Waals surface area (Å²) >= 11 is 0. The van der Waals surface area contributed by atoms with Crippen molar-refractivity contribution in [3.63, 3.8) is 0 Å². The molecule has 0 unspecified atom stereocenters. The van der Waals surface area contributed by atoms with E-state index in [1.54, 1.807) is 29.2 Å². The smallest absolute Gasteiger partial charge is 0.258 e. The summed E-state index contributed by atoms with van der Waals surface area (Å²) in [6.07, 6.45) is -0.586. The van der Waals surface area contributed by atoms with Gasteiger partial charge in [0.15, 0.2) is 29.6 Å². The second kappa shape index (κ2) is 13.5. The first-order chi connectivity index (χ1) is 22.7. The van der Waals surface area contributed by atoms with Crippen molar-refractivity contribution in [2.75, 3.05) is 33.9 Å². The Morgan fingerprint density at radius 3 is 2.45 bits per heavy atom. The molecule has 3 amide bonds. The Labute approximate surface area is 272 Å². The van der Waals surface area contributed by atoms with Gasteiger partial charge in [-0.05, 0) is 73.5 Å². The second-order valence-electron chi connectivity index (χ2n) is 11.6. The molecule has 1 saturated heterocycles. The summed E-state index contributed by atoms with van der Waals surface area (Å²) in [6, 6.07) is 19.1. The molecule has 0 spiro atoms. The number of fused-ring (bicyclic) bond motifs is 7. The molecule has 12 nitrogen and oxygen atoms in total. The van der Waals surface area contributed by atoms with Gasteiger partial charge in [-0.2, -0.15) is 5.10 Å². The summed E-state index contributed by atoms with van der Waals surface area (Å²) in [5.41, 5.74) is 4.67. The second-order valence-corrected chi connectivity index (χ2v) is 11.6. The van der Waals surface area contributed by atoms with E-state index in [9.17, 15) is 14.4 Å². The van der Waals surface area contributed by atoms with Crippen molar-refractivity contribution in [2.24, 2.45) is 0 Å². The topological polar surface area (TPSA) is 133 Å². The van der Waals surface area contributed by atoms with Crippen molar-refractivity contribution in [1.82, 2.24) is 25.3 Å². The highest BCUT2D eigenvalue weighted by molar-refractivity contribution is 5.96. The molecule has 4 bridgehead atoms. The van der Waals surface area contributed by atoms with Gasteiger partial charge in [-0.1, -0.05) is 18.2 Å². The van der Waals surface area contributed by atoms with Gasteiger partial charge in [-0.25, -0.2) is 0 Å². The molecule has 4 heterocycles. The number of ether oxygens (including phenoxy) is 4. The first-order valence-electron chi connectivity index (χ1n) is 15.3. The summed E-state index contributed by atoms with van der Waals surface area (Å²) in [7, 11) is 3.01. The number of nitrogens with zero attached hydrogens (tertiary/aromatic N) is 3. The van der Waals surface area contributed by atoms with E-state index in [1.807, 2.05) is 54.9 Å². The highest BCUT2D eigenvalue weighted by Gasteiger charge is 2.39. The predicted molar refractivity (Wildman–Crippen MR) is 172 cm³/mol. The fourth-order valence-corrected chi connectivity index (χ4v) is 5.80. The minimum absolute atomic E-state index is 0.173. The minimum Gasteiger partial charge on any atom is -0.493 e. The molecule has 4 aromatic rings. The van der Waals surface area contributed by atoms with Crippen molar-refractivity contribution < 1.29 is 33.3 Å². The first-order valence-corrected chi connectivity index (χ1v) is 15.3. The third kappa shape index (κ3) is 7.01. The van der Waals surface area contributed by atoms with Crippen LogP contribution in [0.4, 0.5) is 0 Å². The average Bonchev–Trinajstić information content (AvgIpc) is 3.62. The number of likely N-dealkylation sites (tertiary alicyclic amines) is 1. The lowest BCUT2D eigenvalue weighted by molar-refractivity contribution is -0.123. The number of aryl methyl sites for hydroxylation is 2. The fourth-order valence-electron chi connectivity index (χ4n) is 5.80. The van der Waals surface area contributed by atoms with Crippen LogP contribution in [-0.4, -0.2) is 78.5 Å². The van der Waals surface area contributed by atoms with Crippen molar-refractivity contribution >= 4 is 17.7 Å². The van der Waals surface area contributed by atoms with Crippen LogP contribution in [0.5, 0.6) is 23.0 Å². The van der Waals surface area contributed by atoms with Crippen molar-refractivity contribution in [3.8, 4) is 23.0 Å². The van der Waals surface area contributed by atoms with Crippen LogP contribution in [-0.2, 0) is 17.9 Å². The maximum atomic E-state index is 13.8. The number of aromatic nitrogens is 2. The van der Waals surface area contributed by atoms with Gasteiger partial charge in [0, 0.05) is 29.9 Å². The molecule has 3 aliphatic rings. The lowest BCUT2D eigenvalue weighted by Gasteiger charge is -2.22. The van der Waals surface area contributed by atoms with Gasteiger partial charge in [0.2, 0.25) is 0 Å². The molecule has 1 aromatic heterocycles. The average molecular weight is 640 g/mol. The molecule has 2 N–H and O–H groups in total. The number of hydrogen-bond acceptors (Lipinski definition) is 8. The van der Waals surface area contributed by atoms with Crippen LogP contribution in [0.2, 0.25) is 0 Å². The standard InChI is InChI=1S/C35H37N5O7/c1-21-13-22(2)40(38-21)17-23-5-8-25(9-6-23)35(43)39-18-27-32(19-39)47-29-11-7-24(14-30(29)45-4)16-36-33(41)20-46-31-15-26(34(42)37-27)10-12-28(31)44-3/h5-15,27,32H,16-20H2,1-4H3,(H,36,41)(H,37,42)/t27-,32-/m0/s1. The van der Waals surface area contributed by atoms with Gasteiger partial charge in [-0.3, -0.25) is 19.1 Å². The summed E-state index contributed by atoms with van der Waals surface area (Å²) in [5.74, 6) is 0.635. The van der Waals surface area contributed by atoms with Crippen molar-refractivity contribution in [2.45, 2.75) is 39.1 Å². The molecular weight excluding hydrogens is 602 g/mol. The molecule has 3 aliphatic heterocycles. The van der Waals surface area contributed by atoms with Gasteiger partial charge in [0.05, 0.1) is 39.0 Å². The minimum atomic E-state index is -0.586.